The average Bonchev–Trinajstić information content (AvgIpc) is 2.57. The van der Waals surface area contributed by atoms with Gasteiger partial charge in [-0.25, -0.2) is 0 Å². The van der Waals surface area contributed by atoms with Crippen LogP contribution in [0.2, 0.25) is 5.02 Å². The monoisotopic (exact) mass is 208 g/mol. The molecule has 4 nitrogen and oxygen atoms in total. The van der Waals surface area contributed by atoms with Crippen molar-refractivity contribution < 1.29 is 0 Å². The first-order valence-electron chi connectivity index (χ1n) is 4.02. The number of anilines is 2. The first kappa shape index (κ1) is 8.90. The SMILES string of the molecule is Nc1cc(-c2cn[nH]c2N)ccc1Cl. The summed E-state index contributed by atoms with van der Waals surface area (Å²) in [4.78, 5) is 0. The van der Waals surface area contributed by atoms with E-state index in [1.807, 2.05) is 6.07 Å². The number of hydrogen-bond acceptors (Lipinski definition) is 3. The molecule has 5 heteroatoms. The van der Waals surface area contributed by atoms with E-state index in [0.29, 0.717) is 16.5 Å². The smallest absolute Gasteiger partial charge is 0.126 e. The van der Waals surface area contributed by atoms with Crippen LogP contribution in [0.3, 0.4) is 0 Å². The van der Waals surface area contributed by atoms with Crippen molar-refractivity contribution in [1.82, 2.24) is 10.2 Å². The number of hydrogen-bond donors (Lipinski definition) is 3. The average molecular weight is 209 g/mol. The molecule has 0 radical (unpaired) electrons. The van der Waals surface area contributed by atoms with Crippen molar-refractivity contribution in [1.29, 1.82) is 0 Å². The van der Waals surface area contributed by atoms with Gasteiger partial charge in [0.05, 0.1) is 16.9 Å². The highest BCUT2D eigenvalue weighted by Crippen LogP contribution is 2.28. The van der Waals surface area contributed by atoms with Gasteiger partial charge in [0.1, 0.15) is 5.82 Å². The molecule has 0 spiro atoms. The molecule has 2 rings (SSSR count). The Labute approximate surface area is 85.9 Å². The van der Waals surface area contributed by atoms with Crippen LogP contribution in [-0.2, 0) is 0 Å². The largest absolute Gasteiger partial charge is 0.398 e. The molecule has 0 unspecified atom stereocenters. The van der Waals surface area contributed by atoms with Crippen molar-refractivity contribution in [2.45, 2.75) is 0 Å². The molecule has 0 aliphatic rings. The first-order valence-corrected chi connectivity index (χ1v) is 4.40. The minimum Gasteiger partial charge on any atom is -0.398 e. The third-order valence-corrected chi connectivity index (χ3v) is 2.32. The molecule has 0 bridgehead atoms. The number of rotatable bonds is 1. The topological polar surface area (TPSA) is 80.7 Å². The third-order valence-electron chi connectivity index (χ3n) is 1.98. The number of benzene rings is 1. The highest BCUT2D eigenvalue weighted by atomic mass is 35.5. The lowest BCUT2D eigenvalue weighted by Gasteiger charge is -2.02. The lowest BCUT2D eigenvalue weighted by atomic mass is 10.1. The summed E-state index contributed by atoms with van der Waals surface area (Å²) in [5.41, 5.74) is 13.6. The molecule has 0 aliphatic heterocycles. The van der Waals surface area contributed by atoms with Gasteiger partial charge in [-0.05, 0) is 17.7 Å². The summed E-state index contributed by atoms with van der Waals surface area (Å²) >= 11 is 5.80. The second-order valence-electron chi connectivity index (χ2n) is 2.93. The van der Waals surface area contributed by atoms with Crippen LogP contribution in [0.4, 0.5) is 11.5 Å². The Morgan fingerprint density at radius 3 is 2.64 bits per heavy atom. The van der Waals surface area contributed by atoms with E-state index in [1.54, 1.807) is 18.3 Å². The maximum Gasteiger partial charge on any atom is 0.126 e. The molecule has 1 heterocycles. The fourth-order valence-electron chi connectivity index (χ4n) is 1.24. The molecule has 0 fully saturated rings. The predicted molar refractivity (Wildman–Crippen MR) is 57.9 cm³/mol. The molecule has 1 aromatic heterocycles. The minimum absolute atomic E-state index is 0.520. The van der Waals surface area contributed by atoms with Crippen LogP contribution in [0, 0.1) is 0 Å². The van der Waals surface area contributed by atoms with E-state index < -0.39 is 0 Å². The third kappa shape index (κ3) is 1.40. The predicted octanol–water partition coefficient (Wildman–Crippen LogP) is 1.89. The molecule has 14 heavy (non-hydrogen) atoms. The Kier molecular flexibility index (Phi) is 2.05. The Hall–Kier alpha value is -1.68. The highest BCUT2D eigenvalue weighted by molar-refractivity contribution is 6.33. The quantitative estimate of drug-likeness (QED) is 0.626. The van der Waals surface area contributed by atoms with Crippen LogP contribution < -0.4 is 11.5 Å². The van der Waals surface area contributed by atoms with Crippen molar-refractivity contribution in [3.05, 3.63) is 29.4 Å². The van der Waals surface area contributed by atoms with E-state index in [0.717, 1.165) is 11.1 Å². The van der Waals surface area contributed by atoms with Gasteiger partial charge in [0.15, 0.2) is 0 Å². The molecule has 0 atom stereocenters. The van der Waals surface area contributed by atoms with Crippen LogP contribution in [0.1, 0.15) is 0 Å². The van der Waals surface area contributed by atoms with Crippen LogP contribution >= 0.6 is 11.6 Å². The van der Waals surface area contributed by atoms with Gasteiger partial charge in [-0.15, -0.1) is 0 Å². The molecule has 0 amide bonds. The van der Waals surface area contributed by atoms with Crippen LogP contribution in [-0.4, -0.2) is 10.2 Å². The van der Waals surface area contributed by atoms with Gasteiger partial charge in [0.2, 0.25) is 0 Å². The summed E-state index contributed by atoms with van der Waals surface area (Å²) in [5, 5.41) is 7.02. The summed E-state index contributed by atoms with van der Waals surface area (Å²) in [6, 6.07) is 5.35. The number of aromatic amines is 1. The Bertz CT molecular complexity index is 464. The summed E-state index contributed by atoms with van der Waals surface area (Å²) < 4.78 is 0. The Morgan fingerprint density at radius 1 is 1.29 bits per heavy atom. The van der Waals surface area contributed by atoms with Gasteiger partial charge in [0, 0.05) is 5.56 Å². The number of aromatic nitrogens is 2. The molecule has 0 aliphatic carbocycles. The van der Waals surface area contributed by atoms with Crippen LogP contribution in [0.5, 0.6) is 0 Å². The number of nitrogens with one attached hydrogen (secondary N) is 1. The zero-order chi connectivity index (χ0) is 10.1. The summed E-state index contributed by atoms with van der Waals surface area (Å²) in [5.74, 6) is 0.520. The molecule has 1 aromatic carbocycles. The molecule has 0 saturated heterocycles. The van der Waals surface area contributed by atoms with Gasteiger partial charge in [-0.1, -0.05) is 17.7 Å². The van der Waals surface area contributed by atoms with Crippen LogP contribution in [0.15, 0.2) is 24.4 Å². The molecule has 2 aromatic rings. The fourth-order valence-corrected chi connectivity index (χ4v) is 1.36. The molecular weight excluding hydrogens is 200 g/mol. The maximum absolute atomic E-state index is 5.80. The number of nitrogen functional groups attached to an aromatic ring is 2. The zero-order valence-electron chi connectivity index (χ0n) is 7.29. The number of halogens is 1. The lowest BCUT2D eigenvalue weighted by Crippen LogP contribution is -1.90. The van der Waals surface area contributed by atoms with Gasteiger partial charge >= 0.3 is 0 Å². The van der Waals surface area contributed by atoms with Gasteiger partial charge in [-0.2, -0.15) is 5.10 Å². The van der Waals surface area contributed by atoms with E-state index in [4.69, 9.17) is 23.1 Å². The summed E-state index contributed by atoms with van der Waals surface area (Å²) in [6.45, 7) is 0. The second-order valence-corrected chi connectivity index (χ2v) is 3.34. The van der Waals surface area contributed by atoms with E-state index in [1.165, 1.54) is 0 Å². The van der Waals surface area contributed by atoms with E-state index in [2.05, 4.69) is 10.2 Å². The van der Waals surface area contributed by atoms with E-state index in [-0.39, 0.29) is 0 Å². The van der Waals surface area contributed by atoms with Gasteiger partial charge in [-0.3, -0.25) is 5.10 Å². The first-order chi connectivity index (χ1) is 6.68. The molecule has 0 saturated carbocycles. The maximum atomic E-state index is 5.80. The zero-order valence-corrected chi connectivity index (χ0v) is 8.05. The molecular formula is C9H9ClN4. The van der Waals surface area contributed by atoms with Crippen molar-refractivity contribution >= 4 is 23.1 Å². The van der Waals surface area contributed by atoms with Gasteiger partial charge < -0.3 is 11.5 Å². The summed E-state index contributed by atoms with van der Waals surface area (Å²) in [6.07, 6.45) is 1.65. The Morgan fingerprint density at radius 2 is 2.07 bits per heavy atom. The van der Waals surface area contributed by atoms with Crippen molar-refractivity contribution in [2.24, 2.45) is 0 Å². The normalized spacial score (nSPS) is 10.4. The fraction of sp³-hybridized carbons (Fsp3) is 0. The van der Waals surface area contributed by atoms with Crippen molar-refractivity contribution in [3.63, 3.8) is 0 Å². The van der Waals surface area contributed by atoms with Gasteiger partial charge in [0.25, 0.3) is 0 Å². The molecule has 5 N–H and O–H groups in total. The van der Waals surface area contributed by atoms with E-state index >= 15 is 0 Å². The van der Waals surface area contributed by atoms with Crippen molar-refractivity contribution in [2.75, 3.05) is 11.5 Å². The molecule has 72 valence electrons. The Balaban J connectivity index is 2.53. The minimum atomic E-state index is 0.520. The number of H-pyrrole nitrogens is 1. The van der Waals surface area contributed by atoms with Crippen LogP contribution in [0.25, 0.3) is 11.1 Å². The standard InChI is InChI=1S/C9H9ClN4/c10-7-2-1-5(3-8(7)11)6-4-13-14-9(6)12/h1-4H,11H2,(H3,12,13,14). The number of nitrogens with two attached hydrogens (primary N) is 2. The summed E-state index contributed by atoms with van der Waals surface area (Å²) in [7, 11) is 0. The number of nitrogens with zero attached hydrogens (tertiary/aromatic N) is 1. The van der Waals surface area contributed by atoms with E-state index in [9.17, 15) is 0 Å². The highest BCUT2D eigenvalue weighted by Gasteiger charge is 2.05. The van der Waals surface area contributed by atoms with Crippen molar-refractivity contribution in [3.8, 4) is 11.1 Å². The second kappa shape index (κ2) is 3.23. The lowest BCUT2D eigenvalue weighted by molar-refractivity contribution is 1.10.